The summed E-state index contributed by atoms with van der Waals surface area (Å²) in [6.07, 6.45) is -4.60. The van der Waals surface area contributed by atoms with Crippen LogP contribution in [0.15, 0.2) is 59.5 Å². The molecule has 1 heterocycles. The Hall–Kier alpha value is -2.16. The molecule has 0 amide bonds. The summed E-state index contributed by atoms with van der Waals surface area (Å²) in [5, 5.41) is 4.10. The molecule has 9 heteroatoms. The van der Waals surface area contributed by atoms with Gasteiger partial charge in [-0.05, 0) is 42.5 Å². The lowest BCUT2D eigenvalue weighted by atomic mass is 10.1. The Labute approximate surface area is 148 Å². The molecular formula is C16H10ClF3N2O2S. The van der Waals surface area contributed by atoms with Gasteiger partial charge in [-0.3, -0.25) is 0 Å². The standard InChI is InChI=1S/C16H10ClF3N2O2S/c17-11-3-1-10(2-4-11)14-9-15(16(18,19)20)21-22(14)12-5-7-13(8-6-12)25(23)24/h1-9H,(H,23,24). The molecule has 0 aliphatic heterocycles. The van der Waals surface area contributed by atoms with Crippen LogP contribution >= 0.6 is 11.6 Å². The molecule has 2 aromatic carbocycles. The molecule has 0 aliphatic carbocycles. The normalized spacial score (nSPS) is 13.0. The van der Waals surface area contributed by atoms with Gasteiger partial charge in [-0.25, -0.2) is 8.89 Å². The number of benzene rings is 2. The summed E-state index contributed by atoms with van der Waals surface area (Å²) in [7, 11) is 0. The van der Waals surface area contributed by atoms with Gasteiger partial charge < -0.3 is 4.55 Å². The third-order valence-corrected chi connectivity index (χ3v) is 4.35. The molecule has 0 bridgehead atoms. The van der Waals surface area contributed by atoms with Crippen LogP contribution in [0.4, 0.5) is 13.2 Å². The Balaban J connectivity index is 2.15. The highest BCUT2D eigenvalue weighted by molar-refractivity contribution is 7.79. The Morgan fingerprint density at radius 3 is 2.16 bits per heavy atom. The van der Waals surface area contributed by atoms with E-state index in [-0.39, 0.29) is 10.6 Å². The van der Waals surface area contributed by atoms with Gasteiger partial charge in [0.1, 0.15) is 0 Å². The number of hydrogen-bond acceptors (Lipinski definition) is 2. The first-order valence-electron chi connectivity index (χ1n) is 6.90. The van der Waals surface area contributed by atoms with E-state index in [1.54, 1.807) is 24.3 Å². The third kappa shape index (κ3) is 3.76. The summed E-state index contributed by atoms with van der Waals surface area (Å²) in [4.78, 5) is 0.139. The predicted octanol–water partition coefficient (Wildman–Crippen LogP) is 4.79. The Bertz CT molecular complexity index is 922. The average molecular weight is 387 g/mol. The van der Waals surface area contributed by atoms with Crippen molar-refractivity contribution in [3.63, 3.8) is 0 Å². The van der Waals surface area contributed by atoms with Gasteiger partial charge in [0.05, 0.1) is 16.3 Å². The van der Waals surface area contributed by atoms with Gasteiger partial charge in [0.2, 0.25) is 0 Å². The average Bonchev–Trinajstić information content (AvgIpc) is 3.01. The fraction of sp³-hybridized carbons (Fsp3) is 0.0625. The van der Waals surface area contributed by atoms with Gasteiger partial charge >= 0.3 is 6.18 Å². The molecule has 1 N–H and O–H groups in total. The summed E-state index contributed by atoms with van der Waals surface area (Å²) in [5.74, 6) is 0. The quantitative estimate of drug-likeness (QED) is 0.658. The fourth-order valence-electron chi connectivity index (χ4n) is 2.25. The SMILES string of the molecule is O=S(O)c1ccc(-n2nc(C(F)(F)F)cc2-c2ccc(Cl)cc2)cc1. The molecule has 0 saturated heterocycles. The molecule has 0 spiro atoms. The summed E-state index contributed by atoms with van der Waals surface area (Å²) in [5.41, 5.74) is 0.0194. The zero-order chi connectivity index (χ0) is 18.2. The summed E-state index contributed by atoms with van der Waals surface area (Å²) in [6.45, 7) is 0. The Morgan fingerprint density at radius 2 is 1.64 bits per heavy atom. The first kappa shape index (κ1) is 17.7. The number of hydrogen-bond donors (Lipinski definition) is 1. The highest BCUT2D eigenvalue weighted by Gasteiger charge is 2.35. The highest BCUT2D eigenvalue weighted by atomic mass is 35.5. The van der Waals surface area contributed by atoms with Crippen molar-refractivity contribution in [1.82, 2.24) is 9.78 Å². The van der Waals surface area contributed by atoms with E-state index in [1.165, 1.54) is 24.3 Å². The van der Waals surface area contributed by atoms with E-state index in [2.05, 4.69) is 5.10 Å². The first-order chi connectivity index (χ1) is 11.8. The fourth-order valence-corrected chi connectivity index (χ4v) is 2.74. The molecule has 1 aromatic heterocycles. The van der Waals surface area contributed by atoms with Crippen molar-refractivity contribution in [2.45, 2.75) is 11.1 Å². The number of alkyl halides is 3. The molecule has 25 heavy (non-hydrogen) atoms. The monoisotopic (exact) mass is 386 g/mol. The van der Waals surface area contributed by atoms with Crippen LogP contribution < -0.4 is 0 Å². The second-order valence-electron chi connectivity index (χ2n) is 5.07. The van der Waals surface area contributed by atoms with E-state index in [4.69, 9.17) is 16.2 Å². The number of rotatable bonds is 3. The summed E-state index contributed by atoms with van der Waals surface area (Å²) in [6, 6.07) is 12.8. The van der Waals surface area contributed by atoms with Gasteiger partial charge in [0, 0.05) is 10.6 Å². The minimum atomic E-state index is -4.60. The van der Waals surface area contributed by atoms with Crippen molar-refractivity contribution in [3.8, 4) is 16.9 Å². The van der Waals surface area contributed by atoms with Crippen LogP contribution in [0.25, 0.3) is 16.9 Å². The number of nitrogens with zero attached hydrogens (tertiary/aromatic N) is 2. The van der Waals surface area contributed by atoms with Crippen LogP contribution in [0.1, 0.15) is 5.69 Å². The van der Waals surface area contributed by atoms with Crippen molar-refractivity contribution in [2.24, 2.45) is 0 Å². The molecule has 4 nitrogen and oxygen atoms in total. The maximum atomic E-state index is 13.1. The lowest BCUT2D eigenvalue weighted by Crippen LogP contribution is -2.07. The lowest BCUT2D eigenvalue weighted by Gasteiger charge is -2.08. The molecule has 1 atom stereocenters. The van der Waals surface area contributed by atoms with E-state index in [0.717, 1.165) is 10.7 Å². The smallest absolute Gasteiger partial charge is 0.302 e. The van der Waals surface area contributed by atoms with Crippen molar-refractivity contribution < 1.29 is 21.9 Å². The van der Waals surface area contributed by atoms with E-state index in [0.29, 0.717) is 16.3 Å². The molecule has 130 valence electrons. The van der Waals surface area contributed by atoms with Crippen LogP contribution in [0.5, 0.6) is 0 Å². The van der Waals surface area contributed by atoms with Crippen LogP contribution in [0.3, 0.4) is 0 Å². The minimum Gasteiger partial charge on any atom is -0.302 e. The van der Waals surface area contributed by atoms with Crippen molar-refractivity contribution in [1.29, 1.82) is 0 Å². The third-order valence-electron chi connectivity index (χ3n) is 3.42. The van der Waals surface area contributed by atoms with Crippen molar-refractivity contribution in [3.05, 3.63) is 65.3 Å². The molecular weight excluding hydrogens is 377 g/mol. The van der Waals surface area contributed by atoms with E-state index in [1.807, 2.05) is 0 Å². The van der Waals surface area contributed by atoms with Crippen LogP contribution in [-0.4, -0.2) is 18.5 Å². The summed E-state index contributed by atoms with van der Waals surface area (Å²) < 4.78 is 60.4. The first-order valence-corrected chi connectivity index (χ1v) is 8.38. The largest absolute Gasteiger partial charge is 0.435 e. The molecule has 3 rings (SSSR count). The molecule has 1 unspecified atom stereocenters. The maximum Gasteiger partial charge on any atom is 0.435 e. The molecule has 0 fully saturated rings. The topological polar surface area (TPSA) is 55.1 Å². The summed E-state index contributed by atoms with van der Waals surface area (Å²) >= 11 is 3.66. The Kier molecular flexibility index (Phi) is 4.68. The maximum absolute atomic E-state index is 13.1. The van der Waals surface area contributed by atoms with E-state index in [9.17, 15) is 17.4 Å². The van der Waals surface area contributed by atoms with Crippen LogP contribution in [-0.2, 0) is 17.3 Å². The van der Waals surface area contributed by atoms with Crippen LogP contribution in [0.2, 0.25) is 5.02 Å². The predicted molar refractivity (Wildman–Crippen MR) is 88.0 cm³/mol. The highest BCUT2D eigenvalue weighted by Crippen LogP contribution is 2.33. The van der Waals surface area contributed by atoms with Gasteiger partial charge in [0.15, 0.2) is 16.8 Å². The lowest BCUT2D eigenvalue weighted by molar-refractivity contribution is -0.141. The zero-order valence-electron chi connectivity index (χ0n) is 12.4. The molecule has 0 radical (unpaired) electrons. The molecule has 0 aliphatic rings. The Morgan fingerprint density at radius 1 is 1.04 bits per heavy atom. The van der Waals surface area contributed by atoms with Gasteiger partial charge in [-0.1, -0.05) is 23.7 Å². The second kappa shape index (κ2) is 6.62. The van der Waals surface area contributed by atoms with Gasteiger partial charge in [0.25, 0.3) is 0 Å². The van der Waals surface area contributed by atoms with Crippen molar-refractivity contribution >= 4 is 22.7 Å². The number of aromatic nitrogens is 2. The van der Waals surface area contributed by atoms with Crippen LogP contribution in [0, 0.1) is 0 Å². The second-order valence-corrected chi connectivity index (χ2v) is 6.48. The van der Waals surface area contributed by atoms with Crippen molar-refractivity contribution in [2.75, 3.05) is 0 Å². The zero-order valence-corrected chi connectivity index (χ0v) is 13.9. The van der Waals surface area contributed by atoms with Gasteiger partial charge in [-0.2, -0.15) is 18.3 Å². The van der Waals surface area contributed by atoms with E-state index < -0.39 is 23.0 Å². The number of halogens is 4. The molecule has 0 saturated carbocycles. The van der Waals surface area contributed by atoms with Gasteiger partial charge in [-0.15, -0.1) is 0 Å². The minimum absolute atomic E-state index is 0.139. The van der Waals surface area contributed by atoms with E-state index >= 15 is 0 Å². The molecule has 3 aromatic rings.